The van der Waals surface area contributed by atoms with Crippen molar-refractivity contribution in [1.82, 2.24) is 19.8 Å². The maximum absolute atomic E-state index is 12.6. The summed E-state index contributed by atoms with van der Waals surface area (Å²) in [6.45, 7) is 1.62. The summed E-state index contributed by atoms with van der Waals surface area (Å²) in [4.78, 5) is 45.5. The number of aromatic nitrogens is 2. The van der Waals surface area contributed by atoms with Crippen LogP contribution in [0.5, 0.6) is 0 Å². The second-order valence-corrected chi connectivity index (χ2v) is 7.90. The fourth-order valence-corrected chi connectivity index (χ4v) is 3.92. The summed E-state index contributed by atoms with van der Waals surface area (Å²) in [5, 5.41) is 7.54. The second-order valence-electron chi connectivity index (χ2n) is 7.13. The molecule has 1 spiro atoms. The van der Waals surface area contributed by atoms with Gasteiger partial charge in [-0.25, -0.2) is 9.97 Å². The van der Waals surface area contributed by atoms with E-state index >= 15 is 0 Å². The molecule has 2 fully saturated rings. The number of thioether (sulfide) groups is 1. The predicted octanol–water partition coefficient (Wildman–Crippen LogP) is 0.999. The van der Waals surface area contributed by atoms with Crippen LogP contribution in [0.15, 0.2) is 17.6 Å². The van der Waals surface area contributed by atoms with Gasteiger partial charge in [0, 0.05) is 38.4 Å². The number of hydrogen-bond donors (Lipinski definition) is 1. The lowest BCUT2D eigenvalue weighted by molar-refractivity contribution is -0.150. The molecule has 3 heterocycles. The molecule has 0 radical (unpaired) electrons. The van der Waals surface area contributed by atoms with Crippen LogP contribution in [0, 0.1) is 5.41 Å². The molecular formula is C18H26N4O5S. The standard InChI is InChI=1S/C17H24N4O3S.CH2O2/c1-20(2)11-13-8-17(15(23)24-13)4-6-21(7-5-17)14(22)12-9-18-16(25-3)19-10-12;2-1-3/h9-10,13H,4-8,11H2,1-3H3;1H,(H,2,3). The molecule has 0 bridgehead atoms. The molecule has 2 aliphatic heterocycles. The zero-order chi connectivity index (χ0) is 20.7. The van der Waals surface area contributed by atoms with Crippen molar-refractivity contribution in [3.8, 4) is 0 Å². The van der Waals surface area contributed by atoms with Crippen molar-refractivity contribution in [1.29, 1.82) is 0 Å². The number of likely N-dealkylation sites (tertiary alicyclic amines) is 1. The number of piperidine rings is 1. The van der Waals surface area contributed by atoms with E-state index in [0.717, 1.165) is 13.0 Å². The topological polar surface area (TPSA) is 113 Å². The predicted molar refractivity (Wildman–Crippen MR) is 103 cm³/mol. The number of ether oxygens (including phenoxy) is 1. The molecule has 0 aliphatic carbocycles. The van der Waals surface area contributed by atoms with Crippen molar-refractivity contribution < 1.29 is 24.2 Å². The van der Waals surface area contributed by atoms with E-state index in [0.29, 0.717) is 36.7 Å². The number of carbonyl (C=O) groups excluding carboxylic acids is 2. The van der Waals surface area contributed by atoms with E-state index in [1.54, 1.807) is 17.3 Å². The second kappa shape index (κ2) is 9.83. The minimum absolute atomic E-state index is 0.0442. The number of cyclic esters (lactones) is 1. The third-order valence-electron chi connectivity index (χ3n) is 4.96. The van der Waals surface area contributed by atoms with Crippen molar-refractivity contribution >= 4 is 30.1 Å². The van der Waals surface area contributed by atoms with Crippen LogP contribution in [-0.4, -0.2) is 89.3 Å². The SMILES string of the molecule is CSc1ncc(C(=O)N2CCC3(CC2)CC(CN(C)C)OC3=O)cn1.O=CO. The maximum Gasteiger partial charge on any atom is 0.312 e. The van der Waals surface area contributed by atoms with Gasteiger partial charge in [0.05, 0.1) is 11.0 Å². The van der Waals surface area contributed by atoms with Crippen molar-refractivity contribution in [2.75, 3.05) is 40.0 Å². The molecule has 1 unspecified atom stereocenters. The molecule has 0 saturated carbocycles. The number of likely N-dealkylation sites (N-methyl/N-ethyl adjacent to an activating group) is 1. The number of hydrogen-bond acceptors (Lipinski definition) is 8. The van der Waals surface area contributed by atoms with E-state index in [1.807, 2.05) is 25.3 Å². The van der Waals surface area contributed by atoms with Crippen molar-refractivity contribution in [2.24, 2.45) is 5.41 Å². The molecule has 28 heavy (non-hydrogen) atoms. The summed E-state index contributed by atoms with van der Waals surface area (Å²) in [6.07, 6.45) is 7.06. The summed E-state index contributed by atoms with van der Waals surface area (Å²) >= 11 is 1.44. The number of rotatable bonds is 4. The number of carbonyl (C=O) groups is 3. The first-order valence-electron chi connectivity index (χ1n) is 8.94. The average Bonchev–Trinajstić information content (AvgIpc) is 2.96. The molecule has 9 nitrogen and oxygen atoms in total. The van der Waals surface area contributed by atoms with Crippen LogP contribution in [0.25, 0.3) is 0 Å². The molecule has 0 aromatic carbocycles. The third-order valence-corrected chi connectivity index (χ3v) is 5.54. The quantitative estimate of drug-likeness (QED) is 0.336. The van der Waals surface area contributed by atoms with Gasteiger partial charge in [0.1, 0.15) is 6.10 Å². The monoisotopic (exact) mass is 410 g/mol. The van der Waals surface area contributed by atoms with Gasteiger partial charge in [0.15, 0.2) is 5.16 Å². The van der Waals surface area contributed by atoms with Crippen molar-refractivity contribution in [3.63, 3.8) is 0 Å². The highest BCUT2D eigenvalue weighted by Gasteiger charge is 2.50. The van der Waals surface area contributed by atoms with Crippen LogP contribution < -0.4 is 0 Å². The number of esters is 1. The molecule has 2 saturated heterocycles. The first kappa shape index (κ1) is 22.1. The molecule has 1 aromatic heterocycles. The first-order chi connectivity index (χ1) is 13.3. The molecule has 1 amide bonds. The van der Waals surface area contributed by atoms with Gasteiger partial charge in [-0.1, -0.05) is 11.8 Å². The van der Waals surface area contributed by atoms with Crippen LogP contribution in [0.4, 0.5) is 0 Å². The molecule has 1 atom stereocenters. The van der Waals surface area contributed by atoms with E-state index in [4.69, 9.17) is 14.6 Å². The fraction of sp³-hybridized carbons (Fsp3) is 0.611. The minimum Gasteiger partial charge on any atom is -0.483 e. The highest BCUT2D eigenvalue weighted by atomic mass is 32.2. The summed E-state index contributed by atoms with van der Waals surface area (Å²) in [7, 11) is 3.95. The van der Waals surface area contributed by atoms with Crippen LogP contribution in [0.3, 0.4) is 0 Å². The Hall–Kier alpha value is -2.20. The Morgan fingerprint density at radius 2 is 1.96 bits per heavy atom. The highest BCUT2D eigenvalue weighted by Crippen LogP contribution is 2.43. The Morgan fingerprint density at radius 1 is 1.39 bits per heavy atom. The van der Waals surface area contributed by atoms with Crippen LogP contribution in [-0.2, 0) is 14.3 Å². The van der Waals surface area contributed by atoms with Gasteiger partial charge < -0.3 is 19.6 Å². The lowest BCUT2D eigenvalue weighted by atomic mass is 9.76. The Bertz CT molecular complexity index is 690. The van der Waals surface area contributed by atoms with E-state index in [1.165, 1.54) is 11.8 Å². The van der Waals surface area contributed by atoms with Crippen LogP contribution >= 0.6 is 11.8 Å². The Morgan fingerprint density at radius 3 is 2.46 bits per heavy atom. The largest absolute Gasteiger partial charge is 0.483 e. The molecule has 10 heteroatoms. The zero-order valence-electron chi connectivity index (χ0n) is 16.3. The lowest BCUT2D eigenvalue weighted by Gasteiger charge is -2.36. The molecule has 154 valence electrons. The van der Waals surface area contributed by atoms with Gasteiger partial charge in [0.25, 0.3) is 12.4 Å². The van der Waals surface area contributed by atoms with E-state index in [-0.39, 0.29) is 24.5 Å². The number of nitrogens with zero attached hydrogens (tertiary/aromatic N) is 4. The van der Waals surface area contributed by atoms with E-state index in [9.17, 15) is 9.59 Å². The van der Waals surface area contributed by atoms with Gasteiger partial charge in [-0.05, 0) is 33.2 Å². The van der Waals surface area contributed by atoms with Gasteiger partial charge in [-0.3, -0.25) is 14.4 Å². The van der Waals surface area contributed by atoms with Crippen molar-refractivity contribution in [2.45, 2.75) is 30.5 Å². The summed E-state index contributed by atoms with van der Waals surface area (Å²) in [5.41, 5.74) is 0.0738. The summed E-state index contributed by atoms with van der Waals surface area (Å²) in [6, 6.07) is 0. The van der Waals surface area contributed by atoms with E-state index < -0.39 is 5.41 Å². The minimum atomic E-state index is -0.420. The molecule has 1 aromatic rings. The van der Waals surface area contributed by atoms with Gasteiger partial charge in [-0.15, -0.1) is 0 Å². The fourth-order valence-electron chi connectivity index (χ4n) is 3.61. The normalized spacial score (nSPS) is 20.5. The number of amides is 1. The maximum atomic E-state index is 12.6. The van der Waals surface area contributed by atoms with Crippen molar-refractivity contribution in [3.05, 3.63) is 18.0 Å². The van der Waals surface area contributed by atoms with Gasteiger partial charge in [0.2, 0.25) is 0 Å². The Kier molecular flexibility index (Phi) is 7.76. The zero-order valence-corrected chi connectivity index (χ0v) is 17.1. The summed E-state index contributed by atoms with van der Waals surface area (Å²) in [5.74, 6) is -0.169. The summed E-state index contributed by atoms with van der Waals surface area (Å²) < 4.78 is 5.56. The molecular weight excluding hydrogens is 384 g/mol. The third kappa shape index (κ3) is 5.20. The first-order valence-corrected chi connectivity index (χ1v) is 10.2. The van der Waals surface area contributed by atoms with Gasteiger partial charge >= 0.3 is 5.97 Å². The Labute approximate surface area is 168 Å². The molecule has 3 rings (SSSR count). The van der Waals surface area contributed by atoms with Crippen LogP contribution in [0.1, 0.15) is 29.6 Å². The molecule has 2 aliphatic rings. The molecule has 1 N–H and O–H groups in total. The van der Waals surface area contributed by atoms with E-state index in [2.05, 4.69) is 9.97 Å². The Balaban J connectivity index is 0.000000878. The number of carboxylic acid groups (broad SMARTS) is 1. The highest BCUT2D eigenvalue weighted by molar-refractivity contribution is 7.98. The smallest absolute Gasteiger partial charge is 0.312 e. The average molecular weight is 410 g/mol. The lowest BCUT2D eigenvalue weighted by Crippen LogP contribution is -2.45. The van der Waals surface area contributed by atoms with Gasteiger partial charge in [-0.2, -0.15) is 0 Å². The van der Waals surface area contributed by atoms with Crippen LogP contribution in [0.2, 0.25) is 0 Å².